The van der Waals surface area contributed by atoms with E-state index < -0.39 is 0 Å². The molecule has 1 aliphatic heterocycles. The molecule has 20 heavy (non-hydrogen) atoms. The maximum absolute atomic E-state index is 12.0. The van der Waals surface area contributed by atoms with Gasteiger partial charge in [0.15, 0.2) is 0 Å². The van der Waals surface area contributed by atoms with E-state index in [1.54, 1.807) is 24.3 Å². The van der Waals surface area contributed by atoms with Gasteiger partial charge in [-0.2, -0.15) is 5.26 Å². The lowest BCUT2D eigenvalue weighted by Crippen LogP contribution is -2.55. The summed E-state index contributed by atoms with van der Waals surface area (Å²) in [6.45, 7) is 6.11. The first kappa shape index (κ1) is 14.4. The molecule has 106 valence electrons. The molecule has 1 unspecified atom stereocenters. The fourth-order valence-corrected chi connectivity index (χ4v) is 2.39. The summed E-state index contributed by atoms with van der Waals surface area (Å²) in [5.74, 6) is 0. The third kappa shape index (κ3) is 3.49. The molecule has 5 heteroatoms. The highest BCUT2D eigenvalue weighted by Gasteiger charge is 2.33. The summed E-state index contributed by atoms with van der Waals surface area (Å²) in [7, 11) is 0. The maximum atomic E-state index is 12.0. The van der Waals surface area contributed by atoms with Gasteiger partial charge in [0.1, 0.15) is 0 Å². The van der Waals surface area contributed by atoms with E-state index in [2.05, 4.69) is 29.8 Å². The van der Waals surface area contributed by atoms with Gasteiger partial charge < -0.3 is 16.0 Å². The minimum Gasteiger partial charge on any atom is -0.335 e. The molecular formula is C15H20N4O. The minimum absolute atomic E-state index is 0.0419. The van der Waals surface area contributed by atoms with Crippen LogP contribution in [0.2, 0.25) is 0 Å². The number of hydrogen-bond donors (Lipinski definition) is 3. The van der Waals surface area contributed by atoms with Crippen molar-refractivity contribution in [2.75, 3.05) is 18.4 Å². The van der Waals surface area contributed by atoms with Gasteiger partial charge in [-0.1, -0.05) is 13.8 Å². The summed E-state index contributed by atoms with van der Waals surface area (Å²) in [5, 5.41) is 17.9. The summed E-state index contributed by atoms with van der Waals surface area (Å²) in [6, 6.07) is 8.83. The number of nitrogens with zero attached hydrogens (tertiary/aromatic N) is 1. The van der Waals surface area contributed by atoms with Gasteiger partial charge in [-0.3, -0.25) is 0 Å². The average molecular weight is 272 g/mol. The van der Waals surface area contributed by atoms with Crippen molar-refractivity contribution in [3.8, 4) is 6.07 Å². The fourth-order valence-electron chi connectivity index (χ4n) is 2.39. The fraction of sp³-hybridized carbons (Fsp3) is 0.467. The Kier molecular flexibility index (Phi) is 4.26. The Morgan fingerprint density at radius 1 is 1.40 bits per heavy atom. The van der Waals surface area contributed by atoms with Gasteiger partial charge in [0.25, 0.3) is 0 Å². The van der Waals surface area contributed by atoms with Crippen LogP contribution in [-0.2, 0) is 0 Å². The molecular weight excluding hydrogens is 252 g/mol. The number of nitriles is 1. The largest absolute Gasteiger partial charge is 0.335 e. The number of rotatable bonds is 2. The molecule has 1 aliphatic rings. The zero-order valence-electron chi connectivity index (χ0n) is 11.9. The standard InChI is InChI=1S/C15H20N4O/c1-15(2)10-17-8-7-13(15)19-14(20)18-12-5-3-11(9-16)4-6-12/h3-6,13,17H,7-8,10H2,1-2H3,(H2,18,19,20). The van der Waals surface area contributed by atoms with Crippen LogP contribution in [0.5, 0.6) is 0 Å². The van der Waals surface area contributed by atoms with Gasteiger partial charge in [-0.15, -0.1) is 0 Å². The van der Waals surface area contributed by atoms with Crippen LogP contribution < -0.4 is 16.0 Å². The molecule has 0 aliphatic carbocycles. The normalized spacial score (nSPS) is 20.8. The molecule has 2 amide bonds. The van der Waals surface area contributed by atoms with Crippen molar-refractivity contribution in [3.05, 3.63) is 29.8 Å². The van der Waals surface area contributed by atoms with Gasteiger partial charge in [-0.05, 0) is 42.6 Å². The highest BCUT2D eigenvalue weighted by Crippen LogP contribution is 2.25. The van der Waals surface area contributed by atoms with E-state index in [-0.39, 0.29) is 17.5 Å². The zero-order chi connectivity index (χ0) is 14.6. The third-order valence-corrected chi connectivity index (χ3v) is 3.71. The number of carbonyl (C=O) groups is 1. The Labute approximate surface area is 119 Å². The lowest BCUT2D eigenvalue weighted by Gasteiger charge is -2.39. The quantitative estimate of drug-likeness (QED) is 0.771. The molecule has 0 bridgehead atoms. The Morgan fingerprint density at radius 3 is 2.70 bits per heavy atom. The van der Waals surface area contributed by atoms with E-state index in [0.717, 1.165) is 19.5 Å². The van der Waals surface area contributed by atoms with Gasteiger partial charge >= 0.3 is 6.03 Å². The highest BCUT2D eigenvalue weighted by molar-refractivity contribution is 5.89. The Morgan fingerprint density at radius 2 is 2.10 bits per heavy atom. The van der Waals surface area contributed by atoms with Crippen LogP contribution in [0.1, 0.15) is 25.8 Å². The minimum atomic E-state index is -0.199. The number of piperidine rings is 1. The van der Waals surface area contributed by atoms with E-state index in [1.165, 1.54) is 0 Å². The molecule has 3 N–H and O–H groups in total. The molecule has 0 saturated carbocycles. The van der Waals surface area contributed by atoms with Crippen molar-refractivity contribution in [3.63, 3.8) is 0 Å². The third-order valence-electron chi connectivity index (χ3n) is 3.71. The predicted octanol–water partition coefficient (Wildman–Crippen LogP) is 2.07. The summed E-state index contributed by atoms with van der Waals surface area (Å²) in [5.41, 5.74) is 1.31. The van der Waals surface area contributed by atoms with Crippen LogP contribution in [0.4, 0.5) is 10.5 Å². The Hall–Kier alpha value is -2.06. The number of anilines is 1. The first-order chi connectivity index (χ1) is 9.51. The summed E-state index contributed by atoms with van der Waals surface area (Å²) >= 11 is 0. The molecule has 1 saturated heterocycles. The van der Waals surface area contributed by atoms with Crippen molar-refractivity contribution in [1.29, 1.82) is 5.26 Å². The maximum Gasteiger partial charge on any atom is 0.319 e. The van der Waals surface area contributed by atoms with E-state index in [0.29, 0.717) is 11.3 Å². The Balaban J connectivity index is 1.93. The molecule has 2 rings (SSSR count). The predicted molar refractivity (Wildman–Crippen MR) is 78.4 cm³/mol. The van der Waals surface area contributed by atoms with Crippen LogP contribution in [0, 0.1) is 16.7 Å². The second-order valence-electron chi connectivity index (χ2n) is 5.79. The number of carbonyl (C=O) groups excluding carboxylic acids is 1. The average Bonchev–Trinajstić information content (AvgIpc) is 2.42. The first-order valence-corrected chi connectivity index (χ1v) is 6.80. The van der Waals surface area contributed by atoms with Gasteiger partial charge in [0, 0.05) is 18.3 Å². The van der Waals surface area contributed by atoms with Crippen LogP contribution in [0.25, 0.3) is 0 Å². The molecule has 0 spiro atoms. The van der Waals surface area contributed by atoms with E-state index in [1.807, 2.05) is 6.07 Å². The van der Waals surface area contributed by atoms with Crippen molar-refractivity contribution in [2.45, 2.75) is 26.3 Å². The second kappa shape index (κ2) is 5.93. The molecule has 1 aromatic rings. The van der Waals surface area contributed by atoms with Crippen molar-refractivity contribution >= 4 is 11.7 Å². The van der Waals surface area contributed by atoms with Crippen LogP contribution >= 0.6 is 0 Å². The number of benzene rings is 1. The van der Waals surface area contributed by atoms with Gasteiger partial charge in [-0.25, -0.2) is 4.79 Å². The van der Waals surface area contributed by atoms with E-state index in [4.69, 9.17) is 5.26 Å². The molecule has 1 atom stereocenters. The summed E-state index contributed by atoms with van der Waals surface area (Å²) in [4.78, 5) is 12.0. The van der Waals surface area contributed by atoms with Crippen molar-refractivity contribution in [1.82, 2.24) is 10.6 Å². The highest BCUT2D eigenvalue weighted by atomic mass is 16.2. The summed E-state index contributed by atoms with van der Waals surface area (Å²) in [6.07, 6.45) is 0.924. The molecule has 0 radical (unpaired) electrons. The van der Waals surface area contributed by atoms with Crippen LogP contribution in [0.3, 0.4) is 0 Å². The number of hydrogen-bond acceptors (Lipinski definition) is 3. The lowest BCUT2D eigenvalue weighted by molar-refractivity contribution is 0.184. The molecule has 5 nitrogen and oxygen atoms in total. The smallest absolute Gasteiger partial charge is 0.319 e. The number of urea groups is 1. The molecule has 1 aromatic carbocycles. The SMILES string of the molecule is CC1(C)CNCCC1NC(=O)Nc1ccc(C#N)cc1. The molecule has 1 fully saturated rings. The van der Waals surface area contributed by atoms with Gasteiger partial charge in [0.2, 0.25) is 0 Å². The number of nitrogens with one attached hydrogen (secondary N) is 3. The Bertz CT molecular complexity index is 516. The van der Waals surface area contributed by atoms with Gasteiger partial charge in [0.05, 0.1) is 11.6 Å². The number of amides is 2. The van der Waals surface area contributed by atoms with E-state index in [9.17, 15) is 4.79 Å². The molecule has 1 heterocycles. The second-order valence-corrected chi connectivity index (χ2v) is 5.79. The lowest BCUT2D eigenvalue weighted by atomic mass is 9.80. The van der Waals surface area contributed by atoms with Crippen LogP contribution in [0.15, 0.2) is 24.3 Å². The first-order valence-electron chi connectivity index (χ1n) is 6.80. The summed E-state index contributed by atoms with van der Waals surface area (Å²) < 4.78 is 0. The monoisotopic (exact) mass is 272 g/mol. The van der Waals surface area contributed by atoms with Crippen molar-refractivity contribution in [2.24, 2.45) is 5.41 Å². The zero-order valence-corrected chi connectivity index (χ0v) is 11.9. The van der Waals surface area contributed by atoms with Crippen LogP contribution in [-0.4, -0.2) is 25.2 Å². The molecule has 0 aromatic heterocycles. The van der Waals surface area contributed by atoms with E-state index >= 15 is 0 Å². The van der Waals surface area contributed by atoms with Crippen molar-refractivity contribution < 1.29 is 4.79 Å². The topological polar surface area (TPSA) is 76.9 Å².